The molecule has 92 valence electrons. The highest BCUT2D eigenvalue weighted by atomic mass is 15.1. The molecule has 1 heteroatoms. The Kier molecular flexibility index (Phi) is 5.83. The van der Waals surface area contributed by atoms with Crippen LogP contribution in [0.2, 0.25) is 0 Å². The Labute approximate surface area is 101 Å². The summed E-state index contributed by atoms with van der Waals surface area (Å²) < 4.78 is 0. The van der Waals surface area contributed by atoms with Gasteiger partial charge in [0.1, 0.15) is 0 Å². The molecule has 1 atom stereocenters. The lowest BCUT2D eigenvalue weighted by Crippen LogP contribution is -2.32. The first-order valence-corrected chi connectivity index (χ1v) is 6.58. The Morgan fingerprint density at radius 1 is 1.31 bits per heavy atom. The molecule has 0 bridgehead atoms. The number of hydrogen-bond donors (Lipinski definition) is 0. The van der Waals surface area contributed by atoms with E-state index in [0.29, 0.717) is 0 Å². The van der Waals surface area contributed by atoms with Gasteiger partial charge in [0.05, 0.1) is 0 Å². The molecule has 1 rings (SSSR count). The van der Waals surface area contributed by atoms with Gasteiger partial charge >= 0.3 is 0 Å². The Morgan fingerprint density at radius 3 is 2.44 bits per heavy atom. The van der Waals surface area contributed by atoms with Gasteiger partial charge in [-0.1, -0.05) is 23.8 Å². The van der Waals surface area contributed by atoms with Crippen molar-refractivity contribution in [2.45, 2.75) is 40.0 Å². The maximum absolute atomic E-state index is 2.45. The monoisotopic (exact) mass is 221 g/mol. The van der Waals surface area contributed by atoms with Gasteiger partial charge in [0.2, 0.25) is 0 Å². The van der Waals surface area contributed by atoms with Crippen LogP contribution in [0, 0.1) is 11.8 Å². The second-order valence-electron chi connectivity index (χ2n) is 5.35. The molecular weight excluding hydrogens is 194 g/mol. The minimum atomic E-state index is 0.758. The summed E-state index contributed by atoms with van der Waals surface area (Å²) in [5.41, 5.74) is 1.45. The molecular formula is C15H27N. The fraction of sp³-hybridized carbons (Fsp3) is 0.733. The van der Waals surface area contributed by atoms with E-state index in [2.05, 4.69) is 50.9 Å². The molecule has 0 aromatic rings. The molecule has 0 spiro atoms. The Bertz CT molecular complexity index is 240. The van der Waals surface area contributed by atoms with Crippen molar-refractivity contribution in [1.82, 2.24) is 4.90 Å². The standard InChI is InChI=1S/C15H27N/c1-5-6-14(8-7-13(2)3)15-9-11-16(4)12-10-15/h5-7,14-15H,8-12H2,1-4H3/b6-5+. The van der Waals surface area contributed by atoms with Crippen molar-refractivity contribution in [1.29, 1.82) is 0 Å². The van der Waals surface area contributed by atoms with Gasteiger partial charge in [0.15, 0.2) is 0 Å². The van der Waals surface area contributed by atoms with Crippen molar-refractivity contribution in [2.24, 2.45) is 11.8 Å². The van der Waals surface area contributed by atoms with Crippen molar-refractivity contribution in [3.05, 3.63) is 23.8 Å². The third-order valence-electron chi connectivity index (χ3n) is 3.61. The molecule has 1 nitrogen and oxygen atoms in total. The van der Waals surface area contributed by atoms with Crippen molar-refractivity contribution in [2.75, 3.05) is 20.1 Å². The topological polar surface area (TPSA) is 3.24 Å². The molecule has 1 saturated heterocycles. The Morgan fingerprint density at radius 2 is 1.94 bits per heavy atom. The lowest BCUT2D eigenvalue weighted by atomic mass is 9.82. The summed E-state index contributed by atoms with van der Waals surface area (Å²) in [7, 11) is 2.23. The molecule has 0 aliphatic carbocycles. The van der Waals surface area contributed by atoms with E-state index in [9.17, 15) is 0 Å². The SMILES string of the molecule is C/C=C/C(CC=C(C)C)C1CCN(C)CC1. The predicted molar refractivity (Wildman–Crippen MR) is 72.6 cm³/mol. The lowest BCUT2D eigenvalue weighted by molar-refractivity contribution is 0.189. The van der Waals surface area contributed by atoms with E-state index in [1.54, 1.807) is 0 Å². The van der Waals surface area contributed by atoms with Crippen LogP contribution >= 0.6 is 0 Å². The van der Waals surface area contributed by atoms with Crippen LogP contribution < -0.4 is 0 Å². The van der Waals surface area contributed by atoms with E-state index in [4.69, 9.17) is 0 Å². The van der Waals surface area contributed by atoms with E-state index >= 15 is 0 Å². The van der Waals surface area contributed by atoms with Gasteiger partial charge in [-0.05, 0) is 72.0 Å². The average Bonchev–Trinajstić information content (AvgIpc) is 2.25. The molecule has 1 aliphatic rings. The largest absolute Gasteiger partial charge is 0.306 e. The minimum Gasteiger partial charge on any atom is -0.306 e. The van der Waals surface area contributed by atoms with E-state index in [-0.39, 0.29) is 0 Å². The number of likely N-dealkylation sites (tertiary alicyclic amines) is 1. The third kappa shape index (κ3) is 4.52. The first-order chi connectivity index (χ1) is 7.63. The zero-order chi connectivity index (χ0) is 12.0. The normalized spacial score (nSPS) is 21.2. The molecule has 0 aromatic carbocycles. The van der Waals surface area contributed by atoms with Crippen LogP contribution in [-0.4, -0.2) is 25.0 Å². The van der Waals surface area contributed by atoms with Gasteiger partial charge in [-0.15, -0.1) is 0 Å². The highest BCUT2D eigenvalue weighted by molar-refractivity contribution is 5.00. The fourth-order valence-electron chi connectivity index (χ4n) is 2.50. The van der Waals surface area contributed by atoms with E-state index in [1.807, 2.05) is 0 Å². The summed E-state index contributed by atoms with van der Waals surface area (Å²) >= 11 is 0. The fourth-order valence-corrected chi connectivity index (χ4v) is 2.50. The van der Waals surface area contributed by atoms with Crippen LogP contribution in [0.15, 0.2) is 23.8 Å². The average molecular weight is 221 g/mol. The van der Waals surface area contributed by atoms with Gasteiger partial charge in [-0.3, -0.25) is 0 Å². The molecule has 1 unspecified atom stereocenters. The minimum absolute atomic E-state index is 0.758. The van der Waals surface area contributed by atoms with Crippen LogP contribution in [0.5, 0.6) is 0 Å². The number of piperidine rings is 1. The predicted octanol–water partition coefficient (Wildman–Crippen LogP) is 3.88. The molecule has 0 amide bonds. The van der Waals surface area contributed by atoms with Crippen molar-refractivity contribution in [3.63, 3.8) is 0 Å². The maximum Gasteiger partial charge on any atom is -0.00189 e. The maximum atomic E-state index is 2.45. The number of rotatable bonds is 4. The molecule has 1 heterocycles. The van der Waals surface area contributed by atoms with Crippen LogP contribution in [-0.2, 0) is 0 Å². The van der Waals surface area contributed by atoms with Gasteiger partial charge < -0.3 is 4.90 Å². The highest BCUT2D eigenvalue weighted by Gasteiger charge is 2.22. The van der Waals surface area contributed by atoms with E-state index in [0.717, 1.165) is 11.8 Å². The first kappa shape index (κ1) is 13.5. The van der Waals surface area contributed by atoms with Crippen molar-refractivity contribution in [3.8, 4) is 0 Å². The quantitative estimate of drug-likeness (QED) is 0.651. The van der Waals surface area contributed by atoms with Gasteiger partial charge in [0.25, 0.3) is 0 Å². The second kappa shape index (κ2) is 6.90. The molecule has 1 fully saturated rings. The van der Waals surface area contributed by atoms with Gasteiger partial charge in [-0.2, -0.15) is 0 Å². The van der Waals surface area contributed by atoms with Gasteiger partial charge in [0, 0.05) is 0 Å². The van der Waals surface area contributed by atoms with E-state index < -0.39 is 0 Å². The number of nitrogens with zero attached hydrogens (tertiary/aromatic N) is 1. The highest BCUT2D eigenvalue weighted by Crippen LogP contribution is 2.28. The summed E-state index contributed by atoms with van der Waals surface area (Å²) in [4.78, 5) is 2.45. The smallest absolute Gasteiger partial charge is 0.00189 e. The Balaban J connectivity index is 2.52. The van der Waals surface area contributed by atoms with Crippen molar-refractivity contribution < 1.29 is 0 Å². The van der Waals surface area contributed by atoms with Crippen LogP contribution in [0.25, 0.3) is 0 Å². The van der Waals surface area contributed by atoms with Crippen LogP contribution in [0.1, 0.15) is 40.0 Å². The molecule has 0 saturated carbocycles. The zero-order valence-corrected chi connectivity index (χ0v) is 11.4. The second-order valence-corrected chi connectivity index (χ2v) is 5.35. The molecule has 16 heavy (non-hydrogen) atoms. The summed E-state index contributed by atoms with van der Waals surface area (Å²) in [5.74, 6) is 1.65. The zero-order valence-electron chi connectivity index (χ0n) is 11.4. The molecule has 1 aliphatic heterocycles. The summed E-state index contributed by atoms with van der Waals surface area (Å²) in [6.07, 6.45) is 11.0. The molecule has 0 N–H and O–H groups in total. The molecule has 0 radical (unpaired) electrons. The van der Waals surface area contributed by atoms with Crippen LogP contribution in [0.4, 0.5) is 0 Å². The van der Waals surface area contributed by atoms with E-state index in [1.165, 1.54) is 37.9 Å². The lowest BCUT2D eigenvalue weighted by Gasteiger charge is -2.32. The summed E-state index contributed by atoms with van der Waals surface area (Å²) in [6, 6.07) is 0. The molecule has 0 aromatic heterocycles. The summed E-state index contributed by atoms with van der Waals surface area (Å²) in [5, 5.41) is 0. The van der Waals surface area contributed by atoms with Gasteiger partial charge in [-0.25, -0.2) is 0 Å². The Hall–Kier alpha value is -0.560. The summed E-state index contributed by atoms with van der Waals surface area (Å²) in [6.45, 7) is 9.08. The number of hydrogen-bond acceptors (Lipinski definition) is 1. The third-order valence-corrected chi connectivity index (χ3v) is 3.61. The number of allylic oxidation sites excluding steroid dienone is 4. The van der Waals surface area contributed by atoms with Crippen LogP contribution in [0.3, 0.4) is 0 Å². The van der Waals surface area contributed by atoms with Crippen molar-refractivity contribution >= 4 is 0 Å². The first-order valence-electron chi connectivity index (χ1n) is 6.58.